The molecule has 0 aliphatic heterocycles. The van der Waals surface area contributed by atoms with Crippen LogP contribution in [0.2, 0.25) is 0 Å². The summed E-state index contributed by atoms with van der Waals surface area (Å²) < 4.78 is 83.5. The van der Waals surface area contributed by atoms with E-state index in [1.165, 1.54) is 45.9 Å². The van der Waals surface area contributed by atoms with Crippen molar-refractivity contribution in [3.05, 3.63) is 136 Å². The molecule has 0 unspecified atom stereocenters. The van der Waals surface area contributed by atoms with Gasteiger partial charge < -0.3 is 9.97 Å². The summed E-state index contributed by atoms with van der Waals surface area (Å²) >= 11 is 1.49. The molecule has 4 aromatic heterocycles. The van der Waals surface area contributed by atoms with Gasteiger partial charge in [0, 0.05) is 56.3 Å². The van der Waals surface area contributed by atoms with Crippen LogP contribution in [0.1, 0.15) is 72.2 Å². The number of rotatable bonds is 4. The average molecular weight is 865 g/mol. The molecule has 3 aromatic carbocycles. The molecule has 50 heavy (non-hydrogen) atoms. The van der Waals surface area contributed by atoms with Crippen LogP contribution in [-0.2, 0) is 26.5 Å². The van der Waals surface area contributed by atoms with Gasteiger partial charge in [-0.1, -0.05) is 80.0 Å². The van der Waals surface area contributed by atoms with Gasteiger partial charge in [0.15, 0.2) is 0 Å². The maximum absolute atomic E-state index is 14.4. The summed E-state index contributed by atoms with van der Waals surface area (Å²) in [6, 6.07) is 25.6. The molecule has 4 heterocycles. The molecule has 3 nitrogen and oxygen atoms in total. The minimum absolute atomic E-state index is 0. The first kappa shape index (κ1) is 26.7. The summed E-state index contributed by atoms with van der Waals surface area (Å²) in [5.74, 6) is -0.755. The molecule has 0 spiro atoms. The van der Waals surface area contributed by atoms with Crippen LogP contribution in [-0.4, -0.2) is 15.0 Å². The Hall–Kier alpha value is -4.09. The van der Waals surface area contributed by atoms with Crippen molar-refractivity contribution in [3.63, 3.8) is 0 Å². The Balaban J connectivity index is 0.000000226. The van der Waals surface area contributed by atoms with Crippen molar-refractivity contribution in [2.24, 2.45) is 5.41 Å². The standard InChI is InChI=1S/C26H21N2S.C18H21FN.Ir/c1-15-12-16(2)24(17(3)13-15)19-10-11-27-23(14-19)22-7-5-6-20-21-9-8-18(4)28-26(21)29-25(20)22;1-12-6-7-15(16(19)8-12)17-9-14(10-18(3,4)5)13(2)11-20-17;/h5-6,8-14H,1-4H3;6,8-9,11H,10H2,1-5H3;/q2*-1;/i4D3;1D3,2D3;. The van der Waals surface area contributed by atoms with Gasteiger partial charge in [-0.25, -0.2) is 4.98 Å². The van der Waals surface area contributed by atoms with E-state index >= 15 is 0 Å². The van der Waals surface area contributed by atoms with Gasteiger partial charge in [0.2, 0.25) is 0 Å². The van der Waals surface area contributed by atoms with Crippen LogP contribution in [0, 0.1) is 64.7 Å². The molecule has 0 aliphatic carbocycles. The molecule has 0 saturated carbocycles. The molecule has 7 rings (SSSR count). The molecule has 1 radical (unpaired) electrons. The molecular formula is C44H42FIrN3S-2. The number of hydrogen-bond acceptors (Lipinski definition) is 4. The molecule has 0 aliphatic rings. The number of aromatic nitrogens is 3. The summed E-state index contributed by atoms with van der Waals surface area (Å²) in [6.45, 7) is 5.37. The predicted octanol–water partition coefficient (Wildman–Crippen LogP) is 12.1. The Morgan fingerprint density at radius 2 is 1.58 bits per heavy atom. The molecule has 6 heteroatoms. The number of pyridine rings is 3. The van der Waals surface area contributed by atoms with Crippen molar-refractivity contribution in [1.29, 1.82) is 0 Å². The molecule has 0 saturated heterocycles. The Morgan fingerprint density at radius 3 is 2.28 bits per heavy atom. The molecule has 0 atom stereocenters. The third kappa shape index (κ3) is 8.10. The summed E-state index contributed by atoms with van der Waals surface area (Å²) in [5, 5.41) is 1.99. The third-order valence-corrected chi connectivity index (χ3v) is 9.27. The second-order valence-electron chi connectivity index (χ2n) is 13.5. The Bertz CT molecular complexity index is 2640. The van der Waals surface area contributed by atoms with Crippen LogP contribution in [0.25, 0.3) is 53.9 Å². The number of benzene rings is 3. The van der Waals surface area contributed by atoms with Crippen LogP contribution in [0.3, 0.4) is 0 Å². The van der Waals surface area contributed by atoms with Crippen molar-refractivity contribution in [3.8, 4) is 33.6 Å². The van der Waals surface area contributed by atoms with E-state index in [2.05, 4.69) is 66.1 Å². The fraction of sp³-hybridized carbons (Fsp3) is 0.250. The quantitative estimate of drug-likeness (QED) is 0.166. The van der Waals surface area contributed by atoms with Crippen molar-refractivity contribution >= 4 is 31.6 Å². The summed E-state index contributed by atoms with van der Waals surface area (Å²) in [7, 11) is 0. The largest absolute Gasteiger partial charge is 0.305 e. The van der Waals surface area contributed by atoms with Crippen LogP contribution in [0.15, 0.2) is 79.1 Å². The normalized spacial score (nSPS) is 14.7. The topological polar surface area (TPSA) is 38.7 Å². The first-order valence-electron chi connectivity index (χ1n) is 20.4. The Labute approximate surface area is 326 Å². The summed E-state index contributed by atoms with van der Waals surface area (Å²) in [5.41, 5.74) is 8.58. The number of hydrogen-bond donors (Lipinski definition) is 0. The second-order valence-corrected chi connectivity index (χ2v) is 14.5. The van der Waals surface area contributed by atoms with Crippen molar-refractivity contribution in [2.45, 2.75) is 68.5 Å². The van der Waals surface area contributed by atoms with Gasteiger partial charge in [0.25, 0.3) is 0 Å². The van der Waals surface area contributed by atoms with Gasteiger partial charge in [0.1, 0.15) is 4.83 Å². The molecule has 7 aromatic rings. The summed E-state index contributed by atoms with van der Waals surface area (Å²) in [6.07, 6.45) is 3.56. The van der Waals surface area contributed by atoms with E-state index in [9.17, 15) is 4.39 Å². The number of aryl methyl sites for hydroxylation is 6. The van der Waals surface area contributed by atoms with Gasteiger partial charge in [-0.2, -0.15) is 11.3 Å². The van der Waals surface area contributed by atoms with Crippen LogP contribution in [0.5, 0.6) is 0 Å². The van der Waals surface area contributed by atoms with Crippen LogP contribution < -0.4 is 0 Å². The van der Waals surface area contributed by atoms with Gasteiger partial charge in [-0.15, -0.1) is 47.5 Å². The first-order chi connectivity index (χ1) is 26.9. The van der Waals surface area contributed by atoms with Gasteiger partial charge >= 0.3 is 0 Å². The zero-order valence-electron chi connectivity index (χ0n) is 37.7. The fourth-order valence-electron chi connectivity index (χ4n) is 6.19. The van der Waals surface area contributed by atoms with E-state index in [-0.39, 0.29) is 53.6 Å². The van der Waals surface area contributed by atoms with E-state index < -0.39 is 26.4 Å². The first-order valence-corrected chi connectivity index (χ1v) is 16.7. The van der Waals surface area contributed by atoms with Crippen molar-refractivity contribution in [1.82, 2.24) is 15.0 Å². The van der Waals surface area contributed by atoms with Crippen LogP contribution >= 0.6 is 11.3 Å². The fourth-order valence-corrected chi connectivity index (χ4v) is 7.37. The van der Waals surface area contributed by atoms with E-state index in [1.807, 2.05) is 51.2 Å². The van der Waals surface area contributed by atoms with Crippen molar-refractivity contribution < 1.29 is 36.8 Å². The van der Waals surface area contributed by atoms with Gasteiger partial charge in [-0.3, -0.25) is 4.39 Å². The molecule has 0 fully saturated rings. The molecule has 0 bridgehead atoms. The zero-order valence-corrected chi connectivity index (χ0v) is 31.9. The van der Waals surface area contributed by atoms with E-state index in [0.29, 0.717) is 12.0 Å². The van der Waals surface area contributed by atoms with Crippen LogP contribution in [0.4, 0.5) is 4.39 Å². The number of thiophene rings is 1. The molecule has 0 N–H and O–H groups in total. The van der Waals surface area contributed by atoms with E-state index in [1.54, 1.807) is 12.1 Å². The SMILES string of the molecule is [2H]C([2H])([2H])c1c[c-]c(-c2cc(CC(C)(C)C)c(C([2H])([2H])[2H])cn2)c(F)c1.[2H]C([2H])([2H])c1ccc2c(n1)sc1c(-c3cc(-c4c(C)cc(C)cc4C)ccn3)[c-]ccc12.[Ir]. The Morgan fingerprint density at radius 1 is 0.800 bits per heavy atom. The van der Waals surface area contributed by atoms with Crippen molar-refractivity contribution in [2.75, 3.05) is 0 Å². The predicted molar refractivity (Wildman–Crippen MR) is 205 cm³/mol. The molecular weight excluding hydrogens is 814 g/mol. The third-order valence-electron chi connectivity index (χ3n) is 8.14. The monoisotopic (exact) mass is 865 g/mol. The number of fused-ring (bicyclic) bond motifs is 3. The minimum atomic E-state index is -2.42. The Kier molecular flexibility index (Phi) is 8.02. The molecule has 0 amide bonds. The molecule has 257 valence electrons. The summed E-state index contributed by atoms with van der Waals surface area (Å²) in [4.78, 5) is 13.9. The zero-order chi connectivity index (χ0) is 42.5. The second kappa shape index (κ2) is 15.0. The number of nitrogens with zero attached hydrogens (tertiary/aromatic N) is 3. The maximum atomic E-state index is 14.4. The minimum Gasteiger partial charge on any atom is -0.305 e. The smallest absolute Gasteiger partial charge is 0.113 e. The average Bonchev–Trinajstić information content (AvgIpc) is 3.48. The maximum Gasteiger partial charge on any atom is 0.113 e. The van der Waals surface area contributed by atoms with Gasteiger partial charge in [-0.05, 0) is 108 Å². The van der Waals surface area contributed by atoms with Gasteiger partial charge in [0.05, 0.1) is 0 Å². The van der Waals surface area contributed by atoms with E-state index in [4.69, 9.17) is 12.3 Å². The number of halogens is 1. The van der Waals surface area contributed by atoms with E-state index in [0.717, 1.165) is 43.2 Å².